The lowest BCUT2D eigenvalue weighted by atomic mass is 9.75. The van der Waals surface area contributed by atoms with Gasteiger partial charge < -0.3 is 15.1 Å². The minimum absolute atomic E-state index is 0.0936. The third-order valence-electron chi connectivity index (χ3n) is 7.71. The molecule has 0 radical (unpaired) electrons. The lowest BCUT2D eigenvalue weighted by molar-refractivity contribution is -0.145. The summed E-state index contributed by atoms with van der Waals surface area (Å²) in [5.74, 6) is -2.81. The second-order valence-electron chi connectivity index (χ2n) is 9.72. The first-order chi connectivity index (χ1) is 15.4. The highest BCUT2D eigenvalue weighted by Crippen LogP contribution is 2.39. The van der Waals surface area contributed by atoms with Crippen molar-refractivity contribution in [3.63, 3.8) is 0 Å². The van der Waals surface area contributed by atoms with Gasteiger partial charge in [0.25, 0.3) is 0 Å². The van der Waals surface area contributed by atoms with E-state index in [-0.39, 0.29) is 5.69 Å². The Morgan fingerprint density at radius 1 is 1.00 bits per heavy atom. The summed E-state index contributed by atoms with van der Waals surface area (Å²) in [5.41, 5.74) is -0.0936. The number of nitrogens with one attached hydrogen (secondary N) is 1. The van der Waals surface area contributed by atoms with Gasteiger partial charge in [-0.25, -0.2) is 18.0 Å². The minimum Gasteiger partial charge on any atom is -0.339 e. The first-order valence-corrected chi connectivity index (χ1v) is 11.6. The maximum atomic E-state index is 13.4. The van der Waals surface area contributed by atoms with Gasteiger partial charge in [-0.3, -0.25) is 9.69 Å². The Labute approximate surface area is 185 Å². The number of fused-ring (bicyclic) bond motifs is 4. The van der Waals surface area contributed by atoms with Gasteiger partial charge in [-0.1, -0.05) is 0 Å². The predicted molar refractivity (Wildman–Crippen MR) is 112 cm³/mol. The van der Waals surface area contributed by atoms with E-state index in [1.165, 1.54) is 6.42 Å². The number of rotatable bonds is 2. The van der Waals surface area contributed by atoms with Crippen LogP contribution >= 0.6 is 0 Å². The number of carbonyl (C=O) groups is 2. The molecule has 4 fully saturated rings. The Kier molecular flexibility index (Phi) is 5.77. The lowest BCUT2D eigenvalue weighted by Crippen LogP contribution is -2.62. The Bertz CT molecular complexity index is 882. The number of likely N-dealkylation sites (tertiary alicyclic amines) is 2. The van der Waals surface area contributed by atoms with Gasteiger partial charge in [-0.15, -0.1) is 0 Å². The highest BCUT2D eigenvalue weighted by atomic mass is 19.2. The van der Waals surface area contributed by atoms with Gasteiger partial charge in [-0.2, -0.15) is 0 Å². The third kappa shape index (κ3) is 4.07. The Hall–Kier alpha value is -2.29. The number of halogens is 3. The number of urea groups is 1. The summed E-state index contributed by atoms with van der Waals surface area (Å²) in [7, 11) is 0. The van der Waals surface area contributed by atoms with Crippen LogP contribution in [-0.4, -0.2) is 71.4 Å². The molecule has 1 N–H and O–H groups in total. The van der Waals surface area contributed by atoms with Crippen LogP contribution in [0.1, 0.15) is 38.5 Å². The molecule has 1 aromatic carbocycles. The summed E-state index contributed by atoms with van der Waals surface area (Å²) in [6, 6.07) is 1.93. The second kappa shape index (κ2) is 8.57. The number of nitrogens with zero attached hydrogens (tertiary/aromatic N) is 3. The molecule has 0 aromatic heterocycles. The van der Waals surface area contributed by atoms with E-state index in [1.807, 2.05) is 0 Å². The van der Waals surface area contributed by atoms with Gasteiger partial charge in [0.2, 0.25) is 5.91 Å². The fourth-order valence-electron chi connectivity index (χ4n) is 6.21. The minimum atomic E-state index is -1.55. The molecule has 4 aliphatic heterocycles. The zero-order chi connectivity index (χ0) is 22.4. The molecule has 1 aromatic rings. The number of anilines is 1. The highest BCUT2D eigenvalue weighted by Gasteiger charge is 2.45. The first-order valence-electron chi connectivity index (χ1n) is 11.6. The summed E-state index contributed by atoms with van der Waals surface area (Å²) in [6.07, 6.45) is 5.68. The standard InChI is InChI=1S/C23H29F3N4O2/c24-18-9-16(10-19(25)22(18)26)27-23(32)28-6-4-17(5-7-28)29-11-14-8-15(13-29)20-2-1-3-21(31)30(20)12-14/h9-10,14-15,17,20H,1-8,11-13H2,(H,27,32)/t14?,15?,20-/m1/s1. The molecule has 9 heteroatoms. The smallest absolute Gasteiger partial charge is 0.321 e. The van der Waals surface area contributed by atoms with Crippen molar-refractivity contribution in [2.45, 2.75) is 50.6 Å². The van der Waals surface area contributed by atoms with E-state index >= 15 is 0 Å². The Morgan fingerprint density at radius 3 is 2.44 bits per heavy atom. The van der Waals surface area contributed by atoms with Crippen LogP contribution in [-0.2, 0) is 4.79 Å². The number of carbonyl (C=O) groups excluding carboxylic acids is 2. The van der Waals surface area contributed by atoms with Crippen molar-refractivity contribution in [2.24, 2.45) is 11.8 Å². The average Bonchev–Trinajstić information content (AvgIpc) is 2.78. The van der Waals surface area contributed by atoms with Crippen LogP contribution in [0.15, 0.2) is 12.1 Å². The number of benzene rings is 1. The summed E-state index contributed by atoms with van der Waals surface area (Å²) in [5, 5.41) is 2.47. The van der Waals surface area contributed by atoms with Gasteiger partial charge in [-0.05, 0) is 43.9 Å². The van der Waals surface area contributed by atoms with Crippen LogP contribution in [0.25, 0.3) is 0 Å². The van der Waals surface area contributed by atoms with Crippen LogP contribution in [0.4, 0.5) is 23.7 Å². The normalized spacial score (nSPS) is 29.1. The second-order valence-corrected chi connectivity index (χ2v) is 9.72. The topological polar surface area (TPSA) is 55.9 Å². The zero-order valence-electron chi connectivity index (χ0n) is 18.0. The van der Waals surface area contributed by atoms with Gasteiger partial charge in [0, 0.05) is 69.0 Å². The fraction of sp³-hybridized carbons (Fsp3) is 0.652. The maximum Gasteiger partial charge on any atom is 0.321 e. The third-order valence-corrected chi connectivity index (χ3v) is 7.71. The van der Waals surface area contributed by atoms with E-state index < -0.39 is 23.5 Å². The van der Waals surface area contributed by atoms with Crippen molar-refractivity contribution in [2.75, 3.05) is 38.0 Å². The molecule has 0 aliphatic carbocycles. The fourth-order valence-corrected chi connectivity index (χ4v) is 6.21. The van der Waals surface area contributed by atoms with Crippen molar-refractivity contribution in [1.29, 1.82) is 0 Å². The molecule has 0 saturated carbocycles. The van der Waals surface area contributed by atoms with Gasteiger partial charge in [0.15, 0.2) is 17.5 Å². The lowest BCUT2D eigenvalue weighted by Gasteiger charge is -2.54. The SMILES string of the molecule is O=C(Nc1cc(F)c(F)c(F)c1)N1CCC(N2CC3CC(C2)[C@H]2CCCC(=O)N2C3)CC1. The van der Waals surface area contributed by atoms with E-state index in [0.717, 1.165) is 57.5 Å². The van der Waals surface area contributed by atoms with E-state index in [2.05, 4.69) is 15.1 Å². The molecule has 3 amide bonds. The van der Waals surface area contributed by atoms with E-state index in [1.54, 1.807) is 4.90 Å². The quantitative estimate of drug-likeness (QED) is 0.703. The van der Waals surface area contributed by atoms with Crippen molar-refractivity contribution in [3.05, 3.63) is 29.6 Å². The Balaban J connectivity index is 1.16. The van der Waals surface area contributed by atoms with Crippen molar-refractivity contribution >= 4 is 17.6 Å². The van der Waals surface area contributed by atoms with E-state index in [9.17, 15) is 22.8 Å². The number of hydrogen-bond acceptors (Lipinski definition) is 3. The van der Waals surface area contributed by atoms with Crippen LogP contribution < -0.4 is 5.32 Å². The summed E-state index contributed by atoms with van der Waals surface area (Å²) >= 11 is 0. The first kappa shape index (κ1) is 21.6. The maximum absolute atomic E-state index is 13.4. The summed E-state index contributed by atoms with van der Waals surface area (Å²) in [6.45, 7) is 4.00. The van der Waals surface area contributed by atoms with Gasteiger partial charge >= 0.3 is 6.03 Å². The van der Waals surface area contributed by atoms with E-state index in [0.29, 0.717) is 49.3 Å². The molecule has 2 bridgehead atoms. The average molecular weight is 451 g/mol. The van der Waals surface area contributed by atoms with Gasteiger partial charge in [0.1, 0.15) is 0 Å². The summed E-state index contributed by atoms with van der Waals surface area (Å²) < 4.78 is 39.9. The van der Waals surface area contributed by atoms with Crippen LogP contribution in [0.5, 0.6) is 0 Å². The highest BCUT2D eigenvalue weighted by molar-refractivity contribution is 5.89. The van der Waals surface area contributed by atoms with Crippen molar-refractivity contribution < 1.29 is 22.8 Å². The monoisotopic (exact) mass is 450 g/mol. The molecule has 4 aliphatic rings. The van der Waals surface area contributed by atoms with Gasteiger partial charge in [0.05, 0.1) is 0 Å². The molecule has 3 atom stereocenters. The van der Waals surface area contributed by atoms with Crippen molar-refractivity contribution in [1.82, 2.24) is 14.7 Å². The number of amides is 3. The molecule has 4 heterocycles. The van der Waals surface area contributed by atoms with Crippen LogP contribution in [0, 0.1) is 29.3 Å². The molecule has 2 unspecified atom stereocenters. The number of hydrogen-bond donors (Lipinski definition) is 1. The number of piperidine rings is 4. The Morgan fingerprint density at radius 2 is 1.72 bits per heavy atom. The predicted octanol–water partition coefficient (Wildman–Crippen LogP) is 3.43. The van der Waals surface area contributed by atoms with Crippen LogP contribution in [0.3, 0.4) is 0 Å². The van der Waals surface area contributed by atoms with Crippen LogP contribution in [0.2, 0.25) is 0 Å². The molecular formula is C23H29F3N4O2. The van der Waals surface area contributed by atoms with Crippen molar-refractivity contribution in [3.8, 4) is 0 Å². The molecule has 0 spiro atoms. The summed E-state index contributed by atoms with van der Waals surface area (Å²) in [4.78, 5) is 31.2. The molecule has 174 valence electrons. The molecule has 4 saturated heterocycles. The largest absolute Gasteiger partial charge is 0.339 e. The molecular weight excluding hydrogens is 421 g/mol. The molecule has 6 nitrogen and oxygen atoms in total. The zero-order valence-corrected chi connectivity index (χ0v) is 18.0. The van der Waals surface area contributed by atoms with E-state index in [4.69, 9.17) is 0 Å². The molecule has 5 rings (SSSR count). The molecule has 32 heavy (non-hydrogen) atoms.